The first-order valence-electron chi connectivity index (χ1n) is 6.43. The summed E-state index contributed by atoms with van der Waals surface area (Å²) in [5.74, 6) is 0.576. The summed E-state index contributed by atoms with van der Waals surface area (Å²) in [6.07, 6.45) is 1.53. The van der Waals surface area contributed by atoms with Gasteiger partial charge >= 0.3 is 0 Å². The van der Waals surface area contributed by atoms with Crippen LogP contribution in [0.4, 0.5) is 0 Å². The van der Waals surface area contributed by atoms with Gasteiger partial charge in [-0.25, -0.2) is 0 Å². The average Bonchev–Trinajstić information content (AvgIpc) is 2.73. The Labute approximate surface area is 127 Å². The summed E-state index contributed by atoms with van der Waals surface area (Å²) in [5, 5.41) is 0. The molecule has 1 fully saturated rings. The van der Waals surface area contributed by atoms with Crippen molar-refractivity contribution in [1.29, 1.82) is 0 Å². The molecule has 3 unspecified atom stereocenters. The predicted molar refractivity (Wildman–Crippen MR) is 83.5 cm³/mol. The molecule has 1 aliphatic rings. The lowest BCUT2D eigenvalue weighted by Crippen LogP contribution is -2.11. The van der Waals surface area contributed by atoms with Crippen LogP contribution in [0.1, 0.15) is 40.4 Å². The molecule has 0 N–H and O–H groups in total. The average molecular weight is 376 g/mol. The molecule has 3 heteroatoms. The summed E-state index contributed by atoms with van der Waals surface area (Å²) in [6.45, 7) is 9.58. The second-order valence-electron chi connectivity index (χ2n) is 5.40. The van der Waals surface area contributed by atoms with Crippen molar-refractivity contribution in [3.05, 3.63) is 32.8 Å². The fourth-order valence-electron chi connectivity index (χ4n) is 2.89. The molecular formula is C15H20Br2O. The van der Waals surface area contributed by atoms with Crippen molar-refractivity contribution in [3.8, 4) is 0 Å². The van der Waals surface area contributed by atoms with Gasteiger partial charge in [0.15, 0.2) is 0 Å². The van der Waals surface area contributed by atoms with Gasteiger partial charge in [0.05, 0.1) is 12.7 Å². The molecule has 1 aliphatic heterocycles. The van der Waals surface area contributed by atoms with E-state index in [4.69, 9.17) is 4.74 Å². The Morgan fingerprint density at radius 2 is 1.94 bits per heavy atom. The number of alkyl halides is 1. The third kappa shape index (κ3) is 2.68. The quantitative estimate of drug-likeness (QED) is 0.642. The van der Waals surface area contributed by atoms with Gasteiger partial charge in [0.2, 0.25) is 0 Å². The summed E-state index contributed by atoms with van der Waals surface area (Å²) in [7, 11) is 0. The number of ether oxygens (including phenoxy) is 1. The zero-order valence-corrected chi connectivity index (χ0v) is 14.6. The van der Waals surface area contributed by atoms with E-state index in [1.54, 1.807) is 0 Å². The Bertz CT molecular complexity index is 456. The topological polar surface area (TPSA) is 9.23 Å². The van der Waals surface area contributed by atoms with E-state index in [2.05, 4.69) is 65.6 Å². The highest BCUT2D eigenvalue weighted by Gasteiger charge is 2.31. The van der Waals surface area contributed by atoms with E-state index < -0.39 is 0 Å². The maximum absolute atomic E-state index is 5.70. The number of halogens is 2. The first-order chi connectivity index (χ1) is 8.41. The van der Waals surface area contributed by atoms with Gasteiger partial charge in [0.25, 0.3) is 0 Å². The SMILES string of the molecule is Cc1cc(C)c(C(Br)C2COC(C)C2)c(C)c1Br. The van der Waals surface area contributed by atoms with E-state index in [0.29, 0.717) is 16.8 Å². The van der Waals surface area contributed by atoms with Gasteiger partial charge in [-0.1, -0.05) is 37.9 Å². The zero-order valence-electron chi connectivity index (χ0n) is 11.4. The van der Waals surface area contributed by atoms with Crippen molar-refractivity contribution in [3.63, 3.8) is 0 Å². The van der Waals surface area contributed by atoms with E-state index in [1.807, 2.05) is 0 Å². The van der Waals surface area contributed by atoms with Gasteiger partial charge in [-0.05, 0) is 56.4 Å². The maximum Gasteiger partial charge on any atom is 0.0551 e. The molecule has 18 heavy (non-hydrogen) atoms. The lowest BCUT2D eigenvalue weighted by atomic mass is 9.90. The fraction of sp³-hybridized carbons (Fsp3) is 0.600. The van der Waals surface area contributed by atoms with Gasteiger partial charge < -0.3 is 4.74 Å². The van der Waals surface area contributed by atoms with E-state index in [1.165, 1.54) is 26.7 Å². The van der Waals surface area contributed by atoms with Crippen LogP contribution in [0, 0.1) is 26.7 Å². The number of benzene rings is 1. The van der Waals surface area contributed by atoms with Crippen LogP contribution in [-0.4, -0.2) is 12.7 Å². The monoisotopic (exact) mass is 374 g/mol. The molecule has 1 aromatic rings. The minimum Gasteiger partial charge on any atom is -0.378 e. The van der Waals surface area contributed by atoms with E-state index in [-0.39, 0.29) is 0 Å². The first-order valence-corrected chi connectivity index (χ1v) is 8.14. The summed E-state index contributed by atoms with van der Waals surface area (Å²) in [4.78, 5) is 0.388. The van der Waals surface area contributed by atoms with Crippen molar-refractivity contribution in [2.75, 3.05) is 6.61 Å². The molecule has 0 spiro atoms. The number of aryl methyl sites for hydroxylation is 2. The Hall–Kier alpha value is 0.140. The number of hydrogen-bond donors (Lipinski definition) is 0. The molecule has 0 bridgehead atoms. The van der Waals surface area contributed by atoms with Crippen LogP contribution in [-0.2, 0) is 4.74 Å². The Balaban J connectivity index is 2.36. The van der Waals surface area contributed by atoms with E-state index >= 15 is 0 Å². The molecule has 0 radical (unpaired) electrons. The van der Waals surface area contributed by atoms with E-state index in [0.717, 1.165) is 13.0 Å². The van der Waals surface area contributed by atoms with Crippen LogP contribution in [0.25, 0.3) is 0 Å². The first kappa shape index (κ1) is 14.5. The second kappa shape index (κ2) is 5.64. The third-order valence-corrected chi connectivity index (χ3v) is 6.28. The number of rotatable bonds is 2. The third-order valence-electron chi connectivity index (χ3n) is 3.86. The van der Waals surface area contributed by atoms with Crippen LogP contribution in [0.5, 0.6) is 0 Å². The van der Waals surface area contributed by atoms with Crippen molar-refractivity contribution < 1.29 is 4.74 Å². The molecule has 3 atom stereocenters. The largest absolute Gasteiger partial charge is 0.378 e. The lowest BCUT2D eigenvalue weighted by molar-refractivity contribution is 0.120. The fourth-order valence-corrected chi connectivity index (χ4v) is 4.29. The Kier molecular flexibility index (Phi) is 4.56. The van der Waals surface area contributed by atoms with Gasteiger partial charge in [-0.3, -0.25) is 0 Å². The standard InChI is InChI=1S/C15H20Br2O/c1-8-5-9(2)14(16)11(4)13(8)15(17)12-6-10(3)18-7-12/h5,10,12,15H,6-7H2,1-4H3. The summed E-state index contributed by atoms with van der Waals surface area (Å²) in [6, 6.07) is 2.26. The molecule has 0 aliphatic carbocycles. The van der Waals surface area contributed by atoms with Crippen molar-refractivity contribution in [2.24, 2.45) is 5.92 Å². The van der Waals surface area contributed by atoms with Crippen LogP contribution in [0.15, 0.2) is 10.5 Å². The highest BCUT2D eigenvalue weighted by atomic mass is 79.9. The summed E-state index contributed by atoms with van der Waals surface area (Å²) >= 11 is 7.60. The second-order valence-corrected chi connectivity index (χ2v) is 7.18. The number of hydrogen-bond acceptors (Lipinski definition) is 1. The Morgan fingerprint density at radius 3 is 2.50 bits per heavy atom. The minimum atomic E-state index is 0.388. The van der Waals surface area contributed by atoms with Gasteiger partial charge in [-0.2, -0.15) is 0 Å². The van der Waals surface area contributed by atoms with Crippen LogP contribution >= 0.6 is 31.9 Å². The maximum atomic E-state index is 5.70. The molecule has 100 valence electrons. The highest BCUT2D eigenvalue weighted by molar-refractivity contribution is 9.10. The molecule has 1 aromatic carbocycles. The van der Waals surface area contributed by atoms with Gasteiger partial charge in [-0.15, -0.1) is 0 Å². The van der Waals surface area contributed by atoms with Crippen molar-refractivity contribution in [2.45, 2.75) is 45.0 Å². The molecule has 0 saturated carbocycles. The highest BCUT2D eigenvalue weighted by Crippen LogP contribution is 2.42. The summed E-state index contributed by atoms with van der Waals surface area (Å²) < 4.78 is 6.94. The Morgan fingerprint density at radius 1 is 1.28 bits per heavy atom. The molecular weight excluding hydrogens is 356 g/mol. The normalized spacial score (nSPS) is 25.4. The van der Waals surface area contributed by atoms with Gasteiger partial charge in [0, 0.05) is 15.2 Å². The summed E-state index contributed by atoms with van der Waals surface area (Å²) in [5.41, 5.74) is 5.46. The molecule has 0 amide bonds. The molecule has 1 nitrogen and oxygen atoms in total. The van der Waals surface area contributed by atoms with Crippen molar-refractivity contribution >= 4 is 31.9 Å². The molecule has 1 saturated heterocycles. The smallest absolute Gasteiger partial charge is 0.0551 e. The van der Waals surface area contributed by atoms with E-state index in [9.17, 15) is 0 Å². The zero-order chi connectivity index (χ0) is 13.4. The van der Waals surface area contributed by atoms with Crippen LogP contribution < -0.4 is 0 Å². The van der Waals surface area contributed by atoms with Gasteiger partial charge in [0.1, 0.15) is 0 Å². The molecule has 1 heterocycles. The molecule has 0 aromatic heterocycles. The van der Waals surface area contributed by atoms with Crippen molar-refractivity contribution in [1.82, 2.24) is 0 Å². The van der Waals surface area contributed by atoms with Crippen LogP contribution in [0.2, 0.25) is 0 Å². The van der Waals surface area contributed by atoms with Crippen LogP contribution in [0.3, 0.4) is 0 Å². The predicted octanol–water partition coefficient (Wildman–Crippen LogP) is 5.24. The lowest BCUT2D eigenvalue weighted by Gasteiger charge is -2.22. The minimum absolute atomic E-state index is 0.388. The molecule has 2 rings (SSSR count).